The van der Waals surface area contributed by atoms with Crippen LogP contribution in [0.15, 0.2) is 73.1 Å². The first-order chi connectivity index (χ1) is 22.6. The van der Waals surface area contributed by atoms with E-state index < -0.39 is 11.9 Å². The number of β-amino-alcohol motifs (C(OH)–C–C–N with tert-alkyl or cyclic N) is 1. The number of aliphatic hydroxyl groups excluding tert-OH is 1. The van der Waals surface area contributed by atoms with Crippen LogP contribution in [0.25, 0.3) is 11.1 Å². The molecule has 242 valence electrons. The van der Waals surface area contributed by atoms with E-state index in [1.807, 2.05) is 42.2 Å². The van der Waals surface area contributed by atoms with E-state index in [1.165, 1.54) is 0 Å². The number of aromatic nitrogens is 2. The molecular formula is C35H35ClN6O5. The molecule has 12 heteroatoms. The maximum absolute atomic E-state index is 13.1. The molecule has 2 aromatic carbocycles. The van der Waals surface area contributed by atoms with E-state index in [1.54, 1.807) is 42.7 Å². The number of benzene rings is 2. The Morgan fingerprint density at radius 2 is 1.38 bits per heavy atom. The van der Waals surface area contributed by atoms with Gasteiger partial charge < -0.3 is 20.8 Å². The molecule has 11 nitrogen and oxygen atoms in total. The van der Waals surface area contributed by atoms with Gasteiger partial charge in [0.2, 0.25) is 0 Å². The Morgan fingerprint density at radius 1 is 0.809 bits per heavy atom. The van der Waals surface area contributed by atoms with Crippen LogP contribution in [0.3, 0.4) is 0 Å². The van der Waals surface area contributed by atoms with Gasteiger partial charge in [0.25, 0.3) is 11.8 Å². The first-order valence-electron chi connectivity index (χ1n) is 15.4. The summed E-state index contributed by atoms with van der Waals surface area (Å²) < 4.78 is 0. The van der Waals surface area contributed by atoms with E-state index in [0.29, 0.717) is 54.7 Å². The van der Waals surface area contributed by atoms with E-state index >= 15 is 0 Å². The number of pyridine rings is 2. The molecule has 4 N–H and O–H groups in total. The van der Waals surface area contributed by atoms with Crippen molar-refractivity contribution in [2.75, 3.05) is 36.8 Å². The molecular weight excluding hydrogens is 620 g/mol. The Morgan fingerprint density at radius 3 is 1.94 bits per heavy atom. The summed E-state index contributed by atoms with van der Waals surface area (Å²) in [6.07, 6.45) is 3.78. The third-order valence-electron chi connectivity index (χ3n) is 8.60. The fourth-order valence-electron chi connectivity index (χ4n) is 5.90. The lowest BCUT2D eigenvalue weighted by atomic mass is 9.98. The summed E-state index contributed by atoms with van der Waals surface area (Å²) in [5, 5.41) is 25.0. The van der Waals surface area contributed by atoms with Crippen LogP contribution >= 0.6 is 11.6 Å². The number of anilines is 2. The predicted molar refractivity (Wildman–Crippen MR) is 178 cm³/mol. The minimum absolute atomic E-state index is 0.254. The summed E-state index contributed by atoms with van der Waals surface area (Å²) in [6.45, 7) is 5.60. The second kappa shape index (κ2) is 14.0. The zero-order valence-corrected chi connectivity index (χ0v) is 26.6. The molecule has 2 aliphatic rings. The molecule has 0 radical (unpaired) electrons. The molecule has 4 heterocycles. The third kappa shape index (κ3) is 7.50. The first-order valence-corrected chi connectivity index (χ1v) is 15.8. The molecule has 2 saturated heterocycles. The molecule has 2 aromatic heterocycles. The van der Waals surface area contributed by atoms with Crippen molar-refractivity contribution in [1.82, 2.24) is 19.8 Å². The minimum Gasteiger partial charge on any atom is -0.481 e. The number of rotatable bonds is 10. The summed E-state index contributed by atoms with van der Waals surface area (Å²) >= 11 is 6.83. The molecule has 4 aromatic rings. The topological polar surface area (TPSA) is 148 Å². The summed E-state index contributed by atoms with van der Waals surface area (Å²) in [7, 11) is 0. The standard InChI is InChI=1S/C35H35ClN6O5/c1-21-26(4-2-6-28(21)39-33(44)30-11-9-23(15-38-30)17-42-18-24(19-42)35(46)47)27-5-3-7-29(32(27)36)40-34(45)31-10-8-22(14-37-31)16-41-13-12-25(43)20-41/h2-11,14-15,24-25,43H,12-13,16-20H2,1H3,(H,39,44)(H,40,45)(H,46,47). The van der Waals surface area contributed by atoms with Gasteiger partial charge in [-0.05, 0) is 59.9 Å². The van der Waals surface area contributed by atoms with E-state index in [9.17, 15) is 19.5 Å². The van der Waals surface area contributed by atoms with Gasteiger partial charge in [-0.15, -0.1) is 0 Å². The normalized spacial score (nSPS) is 16.9. The maximum atomic E-state index is 13.1. The lowest BCUT2D eigenvalue weighted by molar-refractivity contribution is -0.147. The van der Waals surface area contributed by atoms with E-state index in [0.717, 1.165) is 35.2 Å². The summed E-state index contributed by atoms with van der Waals surface area (Å²) in [6, 6.07) is 17.9. The van der Waals surface area contributed by atoms with Crippen molar-refractivity contribution in [3.05, 3.63) is 106 Å². The van der Waals surface area contributed by atoms with Crippen molar-refractivity contribution in [1.29, 1.82) is 0 Å². The number of amides is 2. The third-order valence-corrected chi connectivity index (χ3v) is 9.01. The van der Waals surface area contributed by atoms with Crippen LogP contribution in [0.5, 0.6) is 0 Å². The number of carboxylic acid groups (broad SMARTS) is 1. The number of hydrogen-bond donors (Lipinski definition) is 4. The average molecular weight is 655 g/mol. The number of halogens is 1. The number of nitrogens with zero attached hydrogens (tertiary/aromatic N) is 4. The molecule has 6 rings (SSSR count). The van der Waals surface area contributed by atoms with Crippen molar-refractivity contribution < 1.29 is 24.6 Å². The van der Waals surface area contributed by atoms with Gasteiger partial charge in [-0.1, -0.05) is 48.0 Å². The number of carbonyl (C=O) groups excluding carboxylic acids is 2. The van der Waals surface area contributed by atoms with Gasteiger partial charge in [-0.25, -0.2) is 0 Å². The zero-order chi connectivity index (χ0) is 33.1. The quantitative estimate of drug-likeness (QED) is 0.191. The van der Waals surface area contributed by atoms with Gasteiger partial charge in [-0.2, -0.15) is 0 Å². The molecule has 0 bridgehead atoms. The Balaban J connectivity index is 1.10. The second-order valence-electron chi connectivity index (χ2n) is 12.1. The van der Waals surface area contributed by atoms with Gasteiger partial charge >= 0.3 is 5.97 Å². The summed E-state index contributed by atoms with van der Waals surface area (Å²) in [4.78, 5) is 50.0. The van der Waals surface area contributed by atoms with Gasteiger partial charge in [0, 0.05) is 62.9 Å². The summed E-state index contributed by atoms with van der Waals surface area (Å²) in [5.74, 6) is -1.86. The Hall–Kier alpha value is -4.68. The molecule has 2 fully saturated rings. The van der Waals surface area contributed by atoms with Gasteiger partial charge in [0.15, 0.2) is 0 Å². The molecule has 47 heavy (non-hydrogen) atoms. The SMILES string of the molecule is Cc1c(NC(=O)c2ccc(CN3CC(C(=O)O)C3)cn2)cccc1-c1cccc(NC(=O)c2ccc(CN3CCC(O)C3)cn2)c1Cl. The van der Waals surface area contributed by atoms with Crippen molar-refractivity contribution in [2.45, 2.75) is 32.5 Å². The molecule has 2 amide bonds. The fourth-order valence-corrected chi connectivity index (χ4v) is 6.18. The maximum Gasteiger partial charge on any atom is 0.309 e. The van der Waals surface area contributed by atoms with Crippen LogP contribution in [-0.2, 0) is 17.9 Å². The van der Waals surface area contributed by atoms with Crippen LogP contribution < -0.4 is 10.6 Å². The number of hydrogen-bond acceptors (Lipinski definition) is 8. The largest absolute Gasteiger partial charge is 0.481 e. The molecule has 1 atom stereocenters. The number of carboxylic acids is 1. The zero-order valence-electron chi connectivity index (χ0n) is 25.8. The van der Waals surface area contributed by atoms with Crippen molar-refractivity contribution in [2.24, 2.45) is 5.92 Å². The predicted octanol–water partition coefficient (Wildman–Crippen LogP) is 4.69. The van der Waals surface area contributed by atoms with Crippen molar-refractivity contribution >= 4 is 40.8 Å². The smallest absolute Gasteiger partial charge is 0.309 e. The van der Waals surface area contributed by atoms with Crippen LogP contribution in [0.4, 0.5) is 11.4 Å². The lowest BCUT2D eigenvalue weighted by Crippen LogP contribution is -2.49. The second-order valence-corrected chi connectivity index (χ2v) is 12.4. The number of aliphatic carboxylic acids is 1. The molecule has 0 aliphatic carbocycles. The highest BCUT2D eigenvalue weighted by molar-refractivity contribution is 6.36. The highest BCUT2D eigenvalue weighted by atomic mass is 35.5. The molecule has 2 aliphatic heterocycles. The number of carbonyl (C=O) groups is 3. The van der Waals surface area contributed by atoms with E-state index in [4.69, 9.17) is 16.7 Å². The monoisotopic (exact) mass is 654 g/mol. The molecule has 1 unspecified atom stereocenters. The van der Waals surface area contributed by atoms with Crippen LogP contribution in [0, 0.1) is 12.8 Å². The summed E-state index contributed by atoms with van der Waals surface area (Å²) in [5.41, 5.74) is 5.66. The van der Waals surface area contributed by atoms with Crippen LogP contribution in [0.2, 0.25) is 5.02 Å². The molecule has 0 spiro atoms. The van der Waals surface area contributed by atoms with Crippen molar-refractivity contribution in [3.8, 4) is 11.1 Å². The lowest BCUT2D eigenvalue weighted by Gasteiger charge is -2.36. The first kappa shape index (κ1) is 32.3. The average Bonchev–Trinajstić information content (AvgIpc) is 3.45. The molecule has 0 saturated carbocycles. The van der Waals surface area contributed by atoms with Crippen LogP contribution in [-0.4, -0.2) is 80.0 Å². The van der Waals surface area contributed by atoms with E-state index in [2.05, 4.69) is 25.5 Å². The van der Waals surface area contributed by atoms with Crippen molar-refractivity contribution in [3.63, 3.8) is 0 Å². The number of likely N-dealkylation sites (tertiary alicyclic amines) is 2. The number of nitrogens with one attached hydrogen (secondary N) is 2. The van der Waals surface area contributed by atoms with E-state index in [-0.39, 0.29) is 29.3 Å². The Bertz CT molecular complexity index is 1790. The van der Waals surface area contributed by atoms with Crippen LogP contribution in [0.1, 0.15) is 44.1 Å². The van der Waals surface area contributed by atoms with Gasteiger partial charge in [0.1, 0.15) is 11.4 Å². The highest BCUT2D eigenvalue weighted by Crippen LogP contribution is 2.37. The highest BCUT2D eigenvalue weighted by Gasteiger charge is 2.32. The number of aliphatic hydroxyl groups is 1. The van der Waals surface area contributed by atoms with Gasteiger partial charge in [0.05, 0.1) is 22.7 Å². The Kier molecular flexibility index (Phi) is 9.60. The van der Waals surface area contributed by atoms with Gasteiger partial charge in [-0.3, -0.25) is 34.2 Å². The fraction of sp³-hybridized carbons (Fsp3) is 0.286. The Labute approximate surface area is 277 Å². The minimum atomic E-state index is -0.779.